The third-order valence-electron chi connectivity index (χ3n) is 5.78. The van der Waals surface area contributed by atoms with Gasteiger partial charge in [-0.25, -0.2) is 0 Å². The first-order valence-corrected chi connectivity index (χ1v) is 8.72. The van der Waals surface area contributed by atoms with Gasteiger partial charge < -0.3 is 10.0 Å². The Bertz CT molecular complexity index is 880. The molecule has 0 unspecified atom stereocenters. The Balaban J connectivity index is 1.90. The number of para-hydroxylation sites is 1. The Hall–Kier alpha value is -2.14. The molecule has 2 aromatic rings. The second-order valence-corrected chi connectivity index (χ2v) is 7.99. The van der Waals surface area contributed by atoms with Gasteiger partial charge in [0.25, 0.3) is 5.56 Å². The molecule has 1 aliphatic heterocycles. The number of aromatic nitrogens is 1. The van der Waals surface area contributed by atoms with Crippen molar-refractivity contribution in [3.63, 3.8) is 0 Å². The number of carbonyl (C=O) groups excluding carboxylic acids is 1. The molecule has 134 valence electrons. The van der Waals surface area contributed by atoms with E-state index in [1.165, 1.54) is 0 Å². The molecule has 0 saturated carbocycles. The second kappa shape index (κ2) is 5.99. The van der Waals surface area contributed by atoms with Crippen LogP contribution in [0.15, 0.2) is 35.1 Å². The van der Waals surface area contributed by atoms with Gasteiger partial charge in [0.15, 0.2) is 0 Å². The van der Waals surface area contributed by atoms with E-state index < -0.39 is 5.60 Å². The van der Waals surface area contributed by atoms with Gasteiger partial charge in [-0.2, -0.15) is 0 Å². The summed E-state index contributed by atoms with van der Waals surface area (Å²) >= 11 is 0. The van der Waals surface area contributed by atoms with Gasteiger partial charge in [0.1, 0.15) is 6.54 Å². The van der Waals surface area contributed by atoms with Crippen LogP contribution in [0.4, 0.5) is 0 Å². The lowest BCUT2D eigenvalue weighted by molar-refractivity contribution is -0.147. The summed E-state index contributed by atoms with van der Waals surface area (Å²) < 4.78 is 1.55. The molecular weight excluding hydrogens is 316 g/mol. The zero-order valence-electron chi connectivity index (χ0n) is 15.4. The molecule has 1 fully saturated rings. The van der Waals surface area contributed by atoms with E-state index in [0.29, 0.717) is 19.5 Å². The first-order chi connectivity index (χ1) is 11.6. The monoisotopic (exact) mass is 342 g/mol. The van der Waals surface area contributed by atoms with Crippen molar-refractivity contribution in [2.45, 2.75) is 46.3 Å². The molecule has 1 aromatic heterocycles. The number of carbonyl (C=O) groups is 1. The molecule has 1 saturated heterocycles. The number of piperidine rings is 1. The maximum Gasteiger partial charge on any atom is 0.251 e. The lowest BCUT2D eigenvalue weighted by Crippen LogP contribution is -2.57. The van der Waals surface area contributed by atoms with Crippen molar-refractivity contribution in [3.05, 3.63) is 46.2 Å². The highest BCUT2D eigenvalue weighted by Crippen LogP contribution is 2.38. The maximum atomic E-state index is 12.8. The molecule has 3 rings (SSSR count). The third-order valence-corrected chi connectivity index (χ3v) is 5.78. The first-order valence-electron chi connectivity index (χ1n) is 8.72. The molecule has 0 bridgehead atoms. The largest absolute Gasteiger partial charge is 0.389 e. The summed E-state index contributed by atoms with van der Waals surface area (Å²) in [4.78, 5) is 27.0. The Kier molecular flexibility index (Phi) is 4.23. The van der Waals surface area contributed by atoms with Crippen molar-refractivity contribution in [3.8, 4) is 0 Å². The summed E-state index contributed by atoms with van der Waals surface area (Å²) in [6.07, 6.45) is 0.537. The number of fused-ring (bicyclic) bond motifs is 1. The van der Waals surface area contributed by atoms with Crippen LogP contribution in [0.5, 0.6) is 0 Å². The maximum absolute atomic E-state index is 12.8. The molecular formula is C20H26N2O3. The van der Waals surface area contributed by atoms with Crippen LogP contribution < -0.4 is 5.56 Å². The molecule has 2 heterocycles. The van der Waals surface area contributed by atoms with Crippen LogP contribution >= 0.6 is 0 Å². The first kappa shape index (κ1) is 17.7. The van der Waals surface area contributed by atoms with E-state index in [0.717, 1.165) is 16.5 Å². The van der Waals surface area contributed by atoms with E-state index in [-0.39, 0.29) is 23.4 Å². The van der Waals surface area contributed by atoms with Crippen molar-refractivity contribution in [1.29, 1.82) is 0 Å². The highest BCUT2D eigenvalue weighted by atomic mass is 16.3. The number of pyridine rings is 1. The lowest BCUT2D eigenvalue weighted by atomic mass is 9.71. The minimum atomic E-state index is -0.794. The Labute approximate surface area is 147 Å². The molecule has 0 aliphatic carbocycles. The zero-order valence-corrected chi connectivity index (χ0v) is 15.4. The fraction of sp³-hybridized carbons (Fsp3) is 0.500. The van der Waals surface area contributed by atoms with Crippen molar-refractivity contribution in [1.82, 2.24) is 9.47 Å². The summed E-state index contributed by atoms with van der Waals surface area (Å²) in [6.45, 7) is 8.70. The van der Waals surface area contributed by atoms with Gasteiger partial charge in [-0.1, -0.05) is 32.0 Å². The van der Waals surface area contributed by atoms with E-state index in [4.69, 9.17) is 0 Å². The summed E-state index contributed by atoms with van der Waals surface area (Å²) in [5.74, 6) is -0.0836. The number of hydrogen-bond donors (Lipinski definition) is 1. The number of hydrogen-bond acceptors (Lipinski definition) is 3. The van der Waals surface area contributed by atoms with E-state index in [9.17, 15) is 14.7 Å². The summed E-state index contributed by atoms with van der Waals surface area (Å²) in [6, 6.07) is 9.24. The van der Waals surface area contributed by atoms with E-state index in [1.807, 2.05) is 52.0 Å². The van der Waals surface area contributed by atoms with Gasteiger partial charge in [0.05, 0.1) is 11.1 Å². The highest BCUT2D eigenvalue weighted by Gasteiger charge is 2.45. The predicted molar refractivity (Wildman–Crippen MR) is 98.5 cm³/mol. The molecule has 1 aromatic carbocycles. The van der Waals surface area contributed by atoms with Crippen LogP contribution in [-0.4, -0.2) is 39.2 Å². The standard InChI is InChI=1S/C20H26N2O3/c1-14-11-17(23)22(16-8-6-5-7-15(14)16)12-18(24)21-10-9-20(4,25)19(2,3)13-21/h5-8,11,25H,9-10,12-13H2,1-4H3/t20-/m0/s1. The highest BCUT2D eigenvalue weighted by molar-refractivity contribution is 5.84. The van der Waals surface area contributed by atoms with E-state index in [1.54, 1.807) is 15.5 Å². The molecule has 1 aliphatic rings. The quantitative estimate of drug-likeness (QED) is 0.911. The molecule has 0 radical (unpaired) electrons. The van der Waals surface area contributed by atoms with Gasteiger partial charge in [0.2, 0.25) is 5.91 Å². The lowest BCUT2D eigenvalue weighted by Gasteiger charge is -2.48. The minimum Gasteiger partial charge on any atom is -0.389 e. The molecule has 5 heteroatoms. The van der Waals surface area contributed by atoms with Crippen LogP contribution in [0.2, 0.25) is 0 Å². The van der Waals surface area contributed by atoms with Crippen molar-refractivity contribution in [2.24, 2.45) is 5.41 Å². The SMILES string of the molecule is Cc1cc(=O)n(CC(=O)N2CC[C@](C)(O)C(C)(C)C2)c2ccccc12. The van der Waals surface area contributed by atoms with Crippen molar-refractivity contribution < 1.29 is 9.90 Å². The summed E-state index contributed by atoms with van der Waals surface area (Å²) in [5.41, 5.74) is 0.356. The molecule has 25 heavy (non-hydrogen) atoms. The van der Waals surface area contributed by atoms with Crippen molar-refractivity contribution >= 4 is 16.8 Å². The van der Waals surface area contributed by atoms with Crippen LogP contribution in [0.3, 0.4) is 0 Å². The Morgan fingerprint density at radius 3 is 2.60 bits per heavy atom. The average Bonchev–Trinajstić information content (AvgIpc) is 2.54. The van der Waals surface area contributed by atoms with Gasteiger partial charge in [0, 0.05) is 30.0 Å². The average molecular weight is 342 g/mol. The number of amides is 1. The number of likely N-dealkylation sites (tertiary alicyclic amines) is 1. The van der Waals surface area contributed by atoms with Crippen LogP contribution in [0, 0.1) is 12.3 Å². The zero-order chi connectivity index (χ0) is 18.4. The summed E-state index contributed by atoms with van der Waals surface area (Å²) in [5, 5.41) is 11.5. The fourth-order valence-electron chi connectivity index (χ4n) is 3.53. The van der Waals surface area contributed by atoms with Gasteiger partial charge >= 0.3 is 0 Å². The van der Waals surface area contributed by atoms with Crippen LogP contribution in [-0.2, 0) is 11.3 Å². The molecule has 1 N–H and O–H groups in total. The molecule has 5 nitrogen and oxygen atoms in total. The Morgan fingerprint density at radius 1 is 1.24 bits per heavy atom. The smallest absolute Gasteiger partial charge is 0.251 e. The molecule has 1 atom stereocenters. The van der Waals surface area contributed by atoms with Crippen LogP contribution in [0.1, 0.15) is 32.8 Å². The third kappa shape index (κ3) is 3.09. The van der Waals surface area contributed by atoms with Crippen molar-refractivity contribution in [2.75, 3.05) is 13.1 Å². The summed E-state index contributed by atoms with van der Waals surface area (Å²) in [7, 11) is 0. The minimum absolute atomic E-state index is 0.0256. The van der Waals surface area contributed by atoms with E-state index >= 15 is 0 Å². The van der Waals surface area contributed by atoms with E-state index in [2.05, 4.69) is 0 Å². The fourth-order valence-corrected chi connectivity index (χ4v) is 3.53. The number of nitrogens with zero attached hydrogens (tertiary/aromatic N) is 2. The second-order valence-electron chi connectivity index (χ2n) is 7.99. The van der Waals surface area contributed by atoms with Gasteiger partial charge in [-0.3, -0.25) is 14.2 Å². The number of aliphatic hydroxyl groups is 1. The van der Waals surface area contributed by atoms with Gasteiger partial charge in [-0.05, 0) is 31.9 Å². The number of benzene rings is 1. The number of aryl methyl sites for hydroxylation is 1. The predicted octanol–water partition coefficient (Wildman–Crippen LogP) is 2.32. The topological polar surface area (TPSA) is 62.5 Å². The molecule has 1 amide bonds. The van der Waals surface area contributed by atoms with Gasteiger partial charge in [-0.15, -0.1) is 0 Å². The normalized spacial score (nSPS) is 23.0. The molecule has 0 spiro atoms. The number of rotatable bonds is 2. The Morgan fingerprint density at radius 2 is 1.92 bits per heavy atom. The van der Waals surface area contributed by atoms with Crippen LogP contribution in [0.25, 0.3) is 10.9 Å².